The molecule has 19 heavy (non-hydrogen) atoms. The minimum Gasteiger partial charge on any atom is -0.466 e. The van der Waals surface area contributed by atoms with Crippen LogP contribution in [0.15, 0.2) is 0 Å². The molecule has 0 saturated carbocycles. The van der Waals surface area contributed by atoms with Gasteiger partial charge in [-0.15, -0.1) is 0 Å². The Morgan fingerprint density at radius 1 is 1.42 bits per heavy atom. The maximum Gasteiger partial charge on any atom is 0.305 e. The van der Waals surface area contributed by atoms with Crippen molar-refractivity contribution < 1.29 is 23.7 Å². The van der Waals surface area contributed by atoms with Gasteiger partial charge in [-0.25, -0.2) is 0 Å². The molecule has 2 unspecified atom stereocenters. The molecule has 2 saturated heterocycles. The minimum absolute atomic E-state index is 0.0598. The van der Waals surface area contributed by atoms with Gasteiger partial charge in [-0.2, -0.15) is 0 Å². The van der Waals surface area contributed by atoms with Crippen LogP contribution in [0.3, 0.4) is 0 Å². The van der Waals surface area contributed by atoms with Gasteiger partial charge in [-0.1, -0.05) is 13.3 Å². The molecule has 0 radical (unpaired) electrons. The molecule has 2 heterocycles. The van der Waals surface area contributed by atoms with Crippen molar-refractivity contribution in [1.29, 1.82) is 0 Å². The molecule has 0 aromatic heterocycles. The molecule has 0 aliphatic carbocycles. The first-order valence-electron chi connectivity index (χ1n) is 7.22. The monoisotopic (exact) mass is 272 g/mol. The lowest BCUT2D eigenvalue weighted by Crippen LogP contribution is -2.48. The van der Waals surface area contributed by atoms with Crippen molar-refractivity contribution in [2.45, 2.75) is 63.9 Å². The highest BCUT2D eigenvalue weighted by Crippen LogP contribution is 2.32. The van der Waals surface area contributed by atoms with Gasteiger partial charge in [0.15, 0.2) is 5.79 Å². The average molecular weight is 272 g/mol. The zero-order valence-electron chi connectivity index (χ0n) is 11.9. The van der Waals surface area contributed by atoms with Crippen LogP contribution in [0.25, 0.3) is 0 Å². The lowest BCUT2D eigenvalue weighted by atomic mass is 10.1. The van der Waals surface area contributed by atoms with Crippen molar-refractivity contribution in [3.8, 4) is 0 Å². The van der Waals surface area contributed by atoms with Gasteiger partial charge in [-0.3, -0.25) is 4.79 Å². The summed E-state index contributed by atoms with van der Waals surface area (Å²) in [6, 6.07) is 0. The van der Waals surface area contributed by atoms with Crippen LogP contribution in [0.1, 0.15) is 46.0 Å². The summed E-state index contributed by atoms with van der Waals surface area (Å²) < 4.78 is 22.2. The van der Waals surface area contributed by atoms with E-state index in [0.717, 1.165) is 25.9 Å². The van der Waals surface area contributed by atoms with Gasteiger partial charge in [0.1, 0.15) is 6.10 Å². The molecule has 2 rings (SSSR count). The topological polar surface area (TPSA) is 54.0 Å². The van der Waals surface area contributed by atoms with Gasteiger partial charge in [0.25, 0.3) is 0 Å². The molecular weight excluding hydrogens is 248 g/mol. The van der Waals surface area contributed by atoms with Gasteiger partial charge in [-0.05, 0) is 19.8 Å². The van der Waals surface area contributed by atoms with E-state index < -0.39 is 5.79 Å². The van der Waals surface area contributed by atoms with Crippen LogP contribution in [0, 0.1) is 0 Å². The smallest absolute Gasteiger partial charge is 0.305 e. The third-order valence-electron chi connectivity index (χ3n) is 3.65. The normalized spacial score (nSPS) is 34.0. The molecule has 2 aliphatic heterocycles. The summed E-state index contributed by atoms with van der Waals surface area (Å²) in [7, 11) is 0. The first-order chi connectivity index (χ1) is 9.13. The highest BCUT2D eigenvalue weighted by Gasteiger charge is 2.42. The maximum atomic E-state index is 11.6. The number of hydrogen-bond donors (Lipinski definition) is 0. The first kappa shape index (κ1) is 14.8. The average Bonchev–Trinajstić information content (AvgIpc) is 2.84. The lowest BCUT2D eigenvalue weighted by molar-refractivity contribution is -0.304. The van der Waals surface area contributed by atoms with Crippen LogP contribution < -0.4 is 0 Å². The molecule has 3 atom stereocenters. The van der Waals surface area contributed by atoms with Gasteiger partial charge < -0.3 is 18.9 Å². The van der Waals surface area contributed by atoms with E-state index >= 15 is 0 Å². The highest BCUT2D eigenvalue weighted by molar-refractivity contribution is 5.69. The van der Waals surface area contributed by atoms with E-state index in [1.807, 2.05) is 6.92 Å². The summed E-state index contributed by atoms with van der Waals surface area (Å²) in [6.07, 6.45) is 3.88. The first-order valence-corrected chi connectivity index (χ1v) is 7.22. The predicted molar refractivity (Wildman–Crippen MR) is 68.7 cm³/mol. The highest BCUT2D eigenvalue weighted by atomic mass is 16.7. The van der Waals surface area contributed by atoms with Gasteiger partial charge in [0.05, 0.1) is 25.7 Å². The Bertz CT molecular complexity index is 306. The zero-order chi connectivity index (χ0) is 13.7. The summed E-state index contributed by atoms with van der Waals surface area (Å²) >= 11 is 0. The van der Waals surface area contributed by atoms with E-state index in [9.17, 15) is 4.79 Å². The van der Waals surface area contributed by atoms with Crippen molar-refractivity contribution in [2.75, 3.05) is 19.8 Å². The molecule has 0 spiro atoms. The predicted octanol–water partition coefficient (Wildman–Crippen LogP) is 2.03. The molecule has 2 aliphatic rings. The Balaban J connectivity index is 1.71. The summed E-state index contributed by atoms with van der Waals surface area (Å²) in [5.74, 6) is -0.856. The quantitative estimate of drug-likeness (QED) is 0.547. The second kappa shape index (κ2) is 6.68. The molecule has 0 aromatic rings. The van der Waals surface area contributed by atoms with Crippen molar-refractivity contribution in [3.63, 3.8) is 0 Å². The maximum absolute atomic E-state index is 11.6. The standard InChI is InChI=1S/C14H24O5/c1-3-4-8-17-13(15)5-7-14(2)18-10-12-11(19-14)6-9-16-12/h11-12H,3-10H2,1-2H3/t11?,12?,14-/m1/s1. The number of hydrogen-bond acceptors (Lipinski definition) is 5. The second-order valence-corrected chi connectivity index (χ2v) is 5.37. The summed E-state index contributed by atoms with van der Waals surface area (Å²) in [5, 5.41) is 0. The fourth-order valence-electron chi connectivity index (χ4n) is 2.39. The minimum atomic E-state index is -0.682. The third kappa shape index (κ3) is 4.16. The van der Waals surface area contributed by atoms with Gasteiger partial charge in [0.2, 0.25) is 0 Å². The van der Waals surface area contributed by atoms with E-state index in [1.54, 1.807) is 0 Å². The van der Waals surface area contributed by atoms with Crippen molar-refractivity contribution >= 4 is 5.97 Å². The van der Waals surface area contributed by atoms with Crippen LogP contribution in [0.4, 0.5) is 0 Å². The van der Waals surface area contributed by atoms with E-state index in [1.165, 1.54) is 0 Å². The number of esters is 1. The van der Waals surface area contributed by atoms with Crippen LogP contribution in [0.5, 0.6) is 0 Å². The number of carbonyl (C=O) groups is 1. The second-order valence-electron chi connectivity index (χ2n) is 5.37. The number of carbonyl (C=O) groups excluding carboxylic acids is 1. The molecule has 0 amide bonds. The number of rotatable bonds is 6. The van der Waals surface area contributed by atoms with E-state index in [-0.39, 0.29) is 18.2 Å². The van der Waals surface area contributed by atoms with Crippen molar-refractivity contribution in [2.24, 2.45) is 0 Å². The zero-order valence-corrected chi connectivity index (χ0v) is 11.9. The number of ether oxygens (including phenoxy) is 4. The van der Waals surface area contributed by atoms with Gasteiger partial charge >= 0.3 is 5.97 Å². The molecule has 5 heteroatoms. The molecule has 2 fully saturated rings. The van der Waals surface area contributed by atoms with Crippen LogP contribution in [-0.4, -0.2) is 43.8 Å². The molecular formula is C14H24O5. The fraction of sp³-hybridized carbons (Fsp3) is 0.929. The van der Waals surface area contributed by atoms with Gasteiger partial charge in [0, 0.05) is 13.0 Å². The molecule has 110 valence electrons. The Morgan fingerprint density at radius 2 is 2.26 bits per heavy atom. The van der Waals surface area contributed by atoms with Crippen LogP contribution in [0.2, 0.25) is 0 Å². The summed E-state index contributed by atoms with van der Waals surface area (Å²) in [5.41, 5.74) is 0. The van der Waals surface area contributed by atoms with Crippen LogP contribution in [-0.2, 0) is 23.7 Å². The Morgan fingerprint density at radius 3 is 3.05 bits per heavy atom. The van der Waals surface area contributed by atoms with Crippen molar-refractivity contribution in [1.82, 2.24) is 0 Å². The van der Waals surface area contributed by atoms with Crippen LogP contribution >= 0.6 is 0 Å². The van der Waals surface area contributed by atoms with E-state index in [0.29, 0.717) is 26.1 Å². The largest absolute Gasteiger partial charge is 0.466 e. The Hall–Kier alpha value is -0.650. The number of unbranched alkanes of at least 4 members (excludes halogenated alkanes) is 1. The Labute approximate surface area is 114 Å². The summed E-state index contributed by atoms with van der Waals surface area (Å²) in [6.45, 7) is 5.74. The molecule has 0 N–H and O–H groups in total. The van der Waals surface area contributed by atoms with E-state index in [2.05, 4.69) is 6.92 Å². The third-order valence-corrected chi connectivity index (χ3v) is 3.65. The molecule has 0 aromatic carbocycles. The van der Waals surface area contributed by atoms with E-state index in [4.69, 9.17) is 18.9 Å². The fourth-order valence-corrected chi connectivity index (χ4v) is 2.39. The van der Waals surface area contributed by atoms with Crippen molar-refractivity contribution in [3.05, 3.63) is 0 Å². The molecule has 0 bridgehead atoms. The summed E-state index contributed by atoms with van der Waals surface area (Å²) in [4.78, 5) is 11.6. The number of fused-ring (bicyclic) bond motifs is 1. The molecule has 5 nitrogen and oxygen atoms in total. The SMILES string of the molecule is CCCCOC(=O)CC[C@]1(C)OCC2OCCC2O1. The lowest BCUT2D eigenvalue weighted by Gasteiger charge is -2.39. The Kier molecular flexibility index (Phi) is 5.19.